The number of hydrogen-bond acceptors (Lipinski definition) is 12. The number of ether oxygens (including phenoxy) is 3. The molecular weight excluding hydrogens is 850 g/mol. The first kappa shape index (κ1) is 48.1. The first-order valence-corrected chi connectivity index (χ1v) is 25.5. The molecule has 348 valence electrons. The van der Waals surface area contributed by atoms with E-state index in [1.807, 2.05) is 12.1 Å². The molecule has 0 aliphatic carbocycles. The molecule has 4 unspecified atom stereocenters. The van der Waals surface area contributed by atoms with E-state index in [0.29, 0.717) is 23.6 Å². The Bertz CT molecular complexity index is 2380. The third-order valence-corrected chi connectivity index (χ3v) is 18.1. The Morgan fingerprint density at radius 2 is 1.36 bits per heavy atom. The van der Waals surface area contributed by atoms with Crippen LogP contribution in [0.5, 0.6) is 11.5 Å². The molecule has 4 aliphatic heterocycles. The highest BCUT2D eigenvalue weighted by Gasteiger charge is 2.61. The maximum absolute atomic E-state index is 15.3. The van der Waals surface area contributed by atoms with Gasteiger partial charge in [-0.1, -0.05) is 52.8 Å². The van der Waals surface area contributed by atoms with Crippen LogP contribution >= 0.6 is 8.53 Å². The van der Waals surface area contributed by atoms with Crippen LogP contribution in [0.25, 0.3) is 0 Å². The molecule has 0 radical (unpaired) electrons. The van der Waals surface area contributed by atoms with Gasteiger partial charge < -0.3 is 33.1 Å². The molecule has 4 atom stereocenters. The fourth-order valence-corrected chi connectivity index (χ4v) is 14.0. The van der Waals surface area contributed by atoms with Crippen molar-refractivity contribution in [2.24, 2.45) is 0 Å². The van der Waals surface area contributed by atoms with E-state index in [1.165, 1.54) is 6.92 Å². The largest absolute Gasteiger partial charge is 0.464 e. The number of hydrogen-bond donors (Lipinski definition) is 0. The molecule has 0 fully saturated rings. The van der Waals surface area contributed by atoms with E-state index in [0.717, 1.165) is 46.6 Å². The average molecular weight is 918 g/mol. The van der Waals surface area contributed by atoms with Gasteiger partial charge in [-0.25, -0.2) is 13.1 Å². The SMILES string of the molecule is CCCN1c2cc3c(cc2C(C)(C)C1C)C1(c2cc4c(cc2O3)N(CCOC(C)=O)C(C)C4(C)C)c2ccccc2S(=O)(=O)N1CCOCCOP(OCCC#N)N(C(C)C)C(C)C. The third kappa shape index (κ3) is 8.01. The van der Waals surface area contributed by atoms with Crippen LogP contribution in [0.1, 0.15) is 124 Å². The summed E-state index contributed by atoms with van der Waals surface area (Å²) in [4.78, 5) is 16.8. The van der Waals surface area contributed by atoms with E-state index in [4.69, 9.17) is 28.5 Å². The third-order valence-electron chi connectivity index (χ3n) is 14.1. The topological polar surface area (TPSA) is 134 Å². The molecule has 7 rings (SSSR count). The summed E-state index contributed by atoms with van der Waals surface area (Å²) in [6.45, 7) is 27.9. The number of carbonyl (C=O) groups is 1. The predicted octanol–water partition coefficient (Wildman–Crippen LogP) is 9.34. The molecule has 0 N–H and O–H groups in total. The van der Waals surface area contributed by atoms with Crippen LogP contribution in [-0.4, -0.2) is 100 Å². The van der Waals surface area contributed by atoms with Crippen LogP contribution < -0.4 is 14.5 Å². The molecule has 64 heavy (non-hydrogen) atoms. The quantitative estimate of drug-likeness (QED) is 0.0684. The van der Waals surface area contributed by atoms with E-state index < -0.39 is 24.1 Å². The number of carbonyl (C=O) groups excluding carboxylic acids is 1. The fraction of sp³-hybridized carbons (Fsp3) is 0.592. The molecule has 4 heterocycles. The van der Waals surface area contributed by atoms with Crippen molar-refractivity contribution >= 4 is 35.9 Å². The van der Waals surface area contributed by atoms with Crippen molar-refractivity contribution in [2.45, 2.75) is 141 Å². The van der Waals surface area contributed by atoms with Crippen molar-refractivity contribution in [3.63, 3.8) is 0 Å². The van der Waals surface area contributed by atoms with Gasteiger partial charge in [-0.2, -0.15) is 9.57 Å². The van der Waals surface area contributed by atoms with E-state index in [-0.39, 0.29) is 91.9 Å². The summed E-state index contributed by atoms with van der Waals surface area (Å²) in [6, 6.07) is 18.7. The zero-order chi connectivity index (χ0) is 46.5. The molecule has 3 aromatic carbocycles. The second kappa shape index (κ2) is 18.5. The Hall–Kier alpha value is -3.80. The van der Waals surface area contributed by atoms with Crippen molar-refractivity contribution < 1.29 is 36.5 Å². The monoisotopic (exact) mass is 917 g/mol. The van der Waals surface area contributed by atoms with Crippen LogP contribution in [0.3, 0.4) is 0 Å². The molecule has 1 spiro atoms. The first-order chi connectivity index (χ1) is 30.3. The molecule has 0 saturated heterocycles. The molecule has 13 nitrogen and oxygen atoms in total. The highest BCUT2D eigenvalue weighted by molar-refractivity contribution is 7.89. The number of fused-ring (bicyclic) bond motifs is 8. The highest BCUT2D eigenvalue weighted by Crippen LogP contribution is 2.63. The number of benzene rings is 3. The smallest absolute Gasteiger partial charge is 0.302 e. The van der Waals surface area contributed by atoms with Gasteiger partial charge in [0.2, 0.25) is 10.0 Å². The van der Waals surface area contributed by atoms with Crippen molar-refractivity contribution in [1.29, 1.82) is 5.26 Å². The number of nitriles is 1. The number of anilines is 2. The number of nitrogens with zero attached hydrogens (tertiary/aromatic N) is 5. The lowest BCUT2D eigenvalue weighted by Crippen LogP contribution is -2.49. The minimum Gasteiger partial charge on any atom is -0.464 e. The molecule has 0 aromatic heterocycles. The molecule has 0 bridgehead atoms. The lowest BCUT2D eigenvalue weighted by Gasteiger charge is -2.44. The van der Waals surface area contributed by atoms with E-state index in [9.17, 15) is 4.79 Å². The van der Waals surface area contributed by atoms with Crippen molar-refractivity contribution in [2.75, 3.05) is 62.5 Å². The van der Waals surface area contributed by atoms with E-state index >= 15 is 8.42 Å². The van der Waals surface area contributed by atoms with Crippen molar-refractivity contribution in [3.8, 4) is 17.6 Å². The summed E-state index contributed by atoms with van der Waals surface area (Å²) < 4.78 is 65.7. The summed E-state index contributed by atoms with van der Waals surface area (Å²) in [5.41, 5.74) is 4.61. The zero-order valence-electron chi connectivity index (χ0n) is 39.9. The molecule has 0 saturated carbocycles. The molecule has 0 amide bonds. The summed E-state index contributed by atoms with van der Waals surface area (Å²) in [5.74, 6) is 0.870. The van der Waals surface area contributed by atoms with Gasteiger partial charge in [-0.15, -0.1) is 0 Å². The molecule has 4 aliphatic rings. The number of rotatable bonds is 18. The van der Waals surface area contributed by atoms with Crippen molar-refractivity contribution in [1.82, 2.24) is 8.98 Å². The van der Waals surface area contributed by atoms with Gasteiger partial charge in [0, 0.05) is 95.2 Å². The second-order valence-electron chi connectivity index (χ2n) is 19.1. The minimum absolute atomic E-state index is 0.0335. The second-order valence-corrected chi connectivity index (χ2v) is 22.4. The summed E-state index contributed by atoms with van der Waals surface area (Å²) in [7, 11) is -5.55. The van der Waals surface area contributed by atoms with E-state index in [2.05, 4.69) is 121 Å². The Labute approximate surface area is 382 Å². The maximum Gasteiger partial charge on any atom is 0.302 e. The standard InChI is InChI=1S/C49H68N5O8PS/c1-13-20-51-34(6)47(9,10)38-28-40-44(30-42(38)51)62-45-31-43-39(48(11,12)35(7)52(43)21-25-59-36(8)55)29-41(45)49(40)37-17-14-15-18-46(37)64(56,57)53(49)22-24-58-26-27-61-63(60-23-16-19-50)54(32(2)3)33(4)5/h14-15,17-18,28-35H,13,16,20-27H2,1-12H3. The summed E-state index contributed by atoms with van der Waals surface area (Å²) in [5, 5.41) is 9.16. The molecule has 3 aromatic rings. The van der Waals surface area contributed by atoms with Crippen LogP contribution in [0.2, 0.25) is 0 Å². The van der Waals surface area contributed by atoms with Crippen LogP contribution in [0, 0.1) is 11.3 Å². The first-order valence-electron chi connectivity index (χ1n) is 22.9. The van der Waals surface area contributed by atoms with Crippen molar-refractivity contribution in [3.05, 3.63) is 76.3 Å². The van der Waals surface area contributed by atoms with Crippen LogP contribution in [0.15, 0.2) is 53.4 Å². The zero-order valence-corrected chi connectivity index (χ0v) is 41.6. The van der Waals surface area contributed by atoms with Gasteiger partial charge in [-0.3, -0.25) is 4.79 Å². The summed E-state index contributed by atoms with van der Waals surface area (Å²) >= 11 is 0. The van der Waals surface area contributed by atoms with Gasteiger partial charge in [0.1, 0.15) is 23.6 Å². The average Bonchev–Trinajstić information content (AvgIpc) is 3.63. The number of sulfonamides is 1. The Balaban J connectivity index is 1.34. The van der Waals surface area contributed by atoms with Gasteiger partial charge in [0.15, 0.2) is 0 Å². The molecule has 15 heteroatoms. The van der Waals surface area contributed by atoms with E-state index in [1.54, 1.807) is 16.4 Å². The number of esters is 1. The lowest BCUT2D eigenvalue weighted by atomic mass is 9.71. The highest BCUT2D eigenvalue weighted by atomic mass is 32.2. The minimum atomic E-state index is -4.10. The lowest BCUT2D eigenvalue weighted by molar-refractivity contribution is -0.140. The predicted molar refractivity (Wildman–Crippen MR) is 252 cm³/mol. The Kier molecular flexibility index (Phi) is 13.9. The van der Waals surface area contributed by atoms with Crippen LogP contribution in [-0.2, 0) is 49.7 Å². The normalized spacial score (nSPS) is 22.6. The summed E-state index contributed by atoms with van der Waals surface area (Å²) in [6.07, 6.45) is 1.24. The van der Waals surface area contributed by atoms with Gasteiger partial charge >= 0.3 is 5.97 Å². The van der Waals surface area contributed by atoms with Crippen LogP contribution in [0.4, 0.5) is 11.4 Å². The van der Waals surface area contributed by atoms with Gasteiger partial charge in [0.05, 0.1) is 50.4 Å². The van der Waals surface area contributed by atoms with Gasteiger partial charge in [-0.05, 0) is 77.3 Å². The Morgan fingerprint density at radius 1 is 0.797 bits per heavy atom. The fourth-order valence-electron chi connectivity index (χ4n) is 10.5. The maximum atomic E-state index is 15.3. The van der Waals surface area contributed by atoms with Gasteiger partial charge in [0.25, 0.3) is 8.53 Å². The molecular formula is C49H68N5O8PS. The Morgan fingerprint density at radius 3 is 1.91 bits per heavy atom.